The van der Waals surface area contributed by atoms with Crippen LogP contribution in [0.15, 0.2) is 60.8 Å². The van der Waals surface area contributed by atoms with Crippen molar-refractivity contribution in [3.05, 3.63) is 60.8 Å². The fourth-order valence-corrected chi connectivity index (χ4v) is 6.30. The zero-order chi connectivity index (χ0) is 40.8. The van der Waals surface area contributed by atoms with Gasteiger partial charge >= 0.3 is 17.9 Å². The molecule has 0 N–H and O–H groups in total. The molecule has 0 bridgehead atoms. The first-order valence-electron chi connectivity index (χ1n) is 23.3. The third-order valence-electron chi connectivity index (χ3n) is 9.79. The molecule has 0 aliphatic carbocycles. The number of hydrogen-bond acceptors (Lipinski definition) is 6. The van der Waals surface area contributed by atoms with Crippen LogP contribution in [0.5, 0.6) is 0 Å². The summed E-state index contributed by atoms with van der Waals surface area (Å²) in [5.74, 6) is -0.953. The summed E-state index contributed by atoms with van der Waals surface area (Å²) in [5.41, 5.74) is 0. The Hall–Kier alpha value is -2.89. The summed E-state index contributed by atoms with van der Waals surface area (Å²) in [5, 5.41) is 0. The monoisotopic (exact) mass is 783 g/mol. The maximum Gasteiger partial charge on any atom is 0.306 e. The molecule has 0 amide bonds. The molecule has 0 saturated heterocycles. The highest BCUT2D eigenvalue weighted by molar-refractivity contribution is 5.71. The first kappa shape index (κ1) is 53.1. The van der Waals surface area contributed by atoms with Crippen molar-refractivity contribution in [1.29, 1.82) is 0 Å². The van der Waals surface area contributed by atoms with Gasteiger partial charge in [0.25, 0.3) is 0 Å². The van der Waals surface area contributed by atoms with Crippen LogP contribution in [-0.2, 0) is 28.6 Å². The van der Waals surface area contributed by atoms with Gasteiger partial charge in [-0.15, -0.1) is 0 Å². The van der Waals surface area contributed by atoms with E-state index < -0.39 is 6.10 Å². The average Bonchev–Trinajstić information content (AvgIpc) is 3.19. The summed E-state index contributed by atoms with van der Waals surface area (Å²) in [6.45, 7) is 6.44. The largest absolute Gasteiger partial charge is 0.462 e. The number of unbranched alkanes of at least 4 members (excludes halogenated alkanes) is 20. The molecule has 1 atom stereocenters. The Morgan fingerprint density at radius 1 is 0.375 bits per heavy atom. The molecule has 0 radical (unpaired) electrons. The van der Waals surface area contributed by atoms with Gasteiger partial charge in [-0.25, -0.2) is 0 Å². The van der Waals surface area contributed by atoms with Crippen LogP contribution in [0.25, 0.3) is 0 Å². The Balaban J connectivity index is 4.44. The summed E-state index contributed by atoms with van der Waals surface area (Å²) in [6, 6.07) is 0. The van der Waals surface area contributed by atoms with Crippen LogP contribution >= 0.6 is 0 Å². The average molecular weight is 783 g/mol. The fraction of sp³-hybridized carbons (Fsp3) is 0.740. The summed E-state index contributed by atoms with van der Waals surface area (Å²) in [7, 11) is 0. The molecular weight excluding hydrogens is 697 g/mol. The van der Waals surface area contributed by atoms with Gasteiger partial charge in [-0.3, -0.25) is 14.4 Å². The van der Waals surface area contributed by atoms with Crippen molar-refractivity contribution in [1.82, 2.24) is 0 Å². The Kier molecular flexibility index (Phi) is 42.5. The molecule has 6 nitrogen and oxygen atoms in total. The molecule has 0 aromatic heterocycles. The van der Waals surface area contributed by atoms with E-state index in [4.69, 9.17) is 14.2 Å². The van der Waals surface area contributed by atoms with Crippen molar-refractivity contribution >= 4 is 17.9 Å². The van der Waals surface area contributed by atoms with Gasteiger partial charge < -0.3 is 14.2 Å². The van der Waals surface area contributed by atoms with E-state index in [1.165, 1.54) is 96.3 Å². The van der Waals surface area contributed by atoms with Crippen LogP contribution < -0.4 is 0 Å². The number of rotatable bonds is 41. The van der Waals surface area contributed by atoms with E-state index in [0.29, 0.717) is 19.3 Å². The fourth-order valence-electron chi connectivity index (χ4n) is 6.30. The predicted octanol–water partition coefficient (Wildman–Crippen LogP) is 14.9. The number of carbonyl (C=O) groups excluding carboxylic acids is 3. The molecular formula is C50H86O6. The number of ether oxygens (including phenoxy) is 3. The van der Waals surface area contributed by atoms with Crippen LogP contribution in [-0.4, -0.2) is 37.2 Å². The van der Waals surface area contributed by atoms with E-state index in [1.54, 1.807) is 0 Å². The lowest BCUT2D eigenvalue weighted by Gasteiger charge is -2.18. The molecule has 0 aromatic rings. The first-order valence-corrected chi connectivity index (χ1v) is 23.3. The quantitative estimate of drug-likeness (QED) is 0.0266. The zero-order valence-electron chi connectivity index (χ0n) is 36.6. The molecule has 322 valence electrons. The zero-order valence-corrected chi connectivity index (χ0v) is 36.6. The first-order chi connectivity index (χ1) is 27.5. The van der Waals surface area contributed by atoms with E-state index in [-0.39, 0.29) is 37.5 Å². The lowest BCUT2D eigenvalue weighted by atomic mass is 10.1. The van der Waals surface area contributed by atoms with Crippen molar-refractivity contribution in [3.8, 4) is 0 Å². The number of esters is 3. The molecule has 0 heterocycles. The van der Waals surface area contributed by atoms with Crippen LogP contribution in [0.2, 0.25) is 0 Å². The molecule has 0 aliphatic rings. The van der Waals surface area contributed by atoms with Gasteiger partial charge in [0.1, 0.15) is 13.2 Å². The van der Waals surface area contributed by atoms with Crippen LogP contribution in [0.4, 0.5) is 0 Å². The third kappa shape index (κ3) is 42.3. The summed E-state index contributed by atoms with van der Waals surface area (Å²) >= 11 is 0. The molecule has 0 fully saturated rings. The Morgan fingerprint density at radius 2 is 0.696 bits per heavy atom. The predicted molar refractivity (Wildman–Crippen MR) is 238 cm³/mol. The van der Waals surface area contributed by atoms with Gasteiger partial charge in [-0.1, -0.05) is 204 Å². The van der Waals surface area contributed by atoms with E-state index >= 15 is 0 Å². The van der Waals surface area contributed by atoms with E-state index in [9.17, 15) is 14.4 Å². The Morgan fingerprint density at radius 3 is 1.09 bits per heavy atom. The minimum Gasteiger partial charge on any atom is -0.462 e. The highest BCUT2D eigenvalue weighted by Gasteiger charge is 2.19. The number of carbonyl (C=O) groups is 3. The van der Waals surface area contributed by atoms with E-state index in [1.807, 2.05) is 0 Å². The SMILES string of the molecule is CC/C=C\C/C=C\C/C=C\C/C=C\C/C=C\CCCC(=O)OC[C@@H](COC(=O)CCCCCCCCCCCC)OC(=O)CCCCCCCCCCCCC. The van der Waals surface area contributed by atoms with Crippen molar-refractivity contribution < 1.29 is 28.6 Å². The normalized spacial score (nSPS) is 12.6. The topological polar surface area (TPSA) is 78.9 Å². The van der Waals surface area contributed by atoms with E-state index in [0.717, 1.165) is 77.0 Å². The van der Waals surface area contributed by atoms with Crippen LogP contribution in [0, 0.1) is 0 Å². The summed E-state index contributed by atoms with van der Waals surface area (Å²) in [4.78, 5) is 37.7. The van der Waals surface area contributed by atoms with Gasteiger partial charge in [-0.2, -0.15) is 0 Å². The van der Waals surface area contributed by atoms with Gasteiger partial charge in [0.05, 0.1) is 0 Å². The highest BCUT2D eigenvalue weighted by atomic mass is 16.6. The maximum atomic E-state index is 12.7. The minimum absolute atomic E-state index is 0.0894. The smallest absolute Gasteiger partial charge is 0.306 e. The molecule has 56 heavy (non-hydrogen) atoms. The van der Waals surface area contributed by atoms with Crippen LogP contribution in [0.1, 0.15) is 220 Å². The molecule has 0 spiro atoms. The number of hydrogen-bond donors (Lipinski definition) is 0. The van der Waals surface area contributed by atoms with Gasteiger partial charge in [0.15, 0.2) is 6.10 Å². The highest BCUT2D eigenvalue weighted by Crippen LogP contribution is 2.14. The van der Waals surface area contributed by atoms with Crippen molar-refractivity contribution in [3.63, 3.8) is 0 Å². The summed E-state index contributed by atoms with van der Waals surface area (Å²) < 4.78 is 16.7. The molecule has 0 saturated carbocycles. The van der Waals surface area contributed by atoms with Gasteiger partial charge in [-0.05, 0) is 57.8 Å². The lowest BCUT2D eigenvalue weighted by molar-refractivity contribution is -0.167. The third-order valence-corrected chi connectivity index (χ3v) is 9.79. The van der Waals surface area contributed by atoms with Crippen molar-refractivity contribution in [2.24, 2.45) is 0 Å². The second-order valence-corrected chi connectivity index (χ2v) is 15.3. The maximum absolute atomic E-state index is 12.7. The van der Waals surface area contributed by atoms with Crippen LogP contribution in [0.3, 0.4) is 0 Å². The van der Waals surface area contributed by atoms with Gasteiger partial charge in [0.2, 0.25) is 0 Å². The van der Waals surface area contributed by atoms with Crippen molar-refractivity contribution in [2.75, 3.05) is 13.2 Å². The molecule has 6 heteroatoms. The minimum atomic E-state index is -0.790. The Labute approximate surface area is 345 Å². The molecule has 0 aliphatic heterocycles. The second-order valence-electron chi connectivity index (χ2n) is 15.3. The molecule has 0 aromatic carbocycles. The Bertz CT molecular complexity index is 1040. The van der Waals surface area contributed by atoms with E-state index in [2.05, 4.69) is 81.5 Å². The lowest BCUT2D eigenvalue weighted by Crippen LogP contribution is -2.30. The molecule has 0 rings (SSSR count). The second kappa shape index (κ2) is 44.8. The summed E-state index contributed by atoms with van der Waals surface area (Å²) in [6.07, 6.45) is 53.5. The standard InChI is InChI=1S/C50H86O6/c1-4-7-10-13-16-19-22-23-24-25-26-27-29-31-34-37-40-43-49(52)55-46-47(45-54-48(51)42-39-36-33-30-21-18-15-12-9-6-3)56-50(53)44-41-38-35-32-28-20-17-14-11-8-5-2/h7,10,16,19,23-24,26-27,31,34,47H,4-6,8-9,11-15,17-18,20-22,25,28-30,32-33,35-46H2,1-3H3/b10-7-,19-16-,24-23-,27-26-,34-31-/t47-/m1/s1. The number of allylic oxidation sites excluding steroid dienone is 10. The van der Waals surface area contributed by atoms with Crippen molar-refractivity contribution in [2.45, 2.75) is 226 Å². The van der Waals surface area contributed by atoms with Gasteiger partial charge in [0, 0.05) is 19.3 Å². The molecule has 0 unspecified atom stereocenters.